The minimum atomic E-state index is 0.124. The lowest BCUT2D eigenvalue weighted by atomic mass is 9.77. The van der Waals surface area contributed by atoms with E-state index >= 15 is 0 Å². The predicted molar refractivity (Wildman–Crippen MR) is 77.7 cm³/mol. The Labute approximate surface area is 117 Å². The van der Waals surface area contributed by atoms with Crippen LogP contribution >= 0.6 is 0 Å². The van der Waals surface area contributed by atoms with Gasteiger partial charge in [0, 0.05) is 30.6 Å². The van der Waals surface area contributed by atoms with E-state index in [1.807, 2.05) is 0 Å². The standard InChI is InChI=1S/C15H29N3O/c1-10-4-5-12(16)9-14(10)15(19)17-13-6-7-18(3)11(2)8-13/h10-14H,4-9,16H2,1-3H3,(H,17,19). The van der Waals surface area contributed by atoms with Crippen molar-refractivity contribution in [2.75, 3.05) is 13.6 Å². The van der Waals surface area contributed by atoms with Crippen molar-refractivity contribution in [3.05, 3.63) is 0 Å². The molecule has 4 heteroatoms. The molecule has 0 radical (unpaired) electrons. The SMILES string of the molecule is CC1CCC(N)CC1C(=O)NC1CCN(C)C(C)C1. The first-order valence-corrected chi connectivity index (χ1v) is 7.73. The number of likely N-dealkylation sites (tertiary alicyclic amines) is 1. The summed E-state index contributed by atoms with van der Waals surface area (Å²) in [7, 11) is 2.16. The molecule has 1 heterocycles. The highest BCUT2D eigenvalue weighted by molar-refractivity contribution is 5.79. The van der Waals surface area contributed by atoms with E-state index in [1.54, 1.807) is 0 Å². The zero-order valence-corrected chi connectivity index (χ0v) is 12.6. The van der Waals surface area contributed by atoms with Gasteiger partial charge in [-0.2, -0.15) is 0 Å². The highest BCUT2D eigenvalue weighted by Crippen LogP contribution is 2.29. The van der Waals surface area contributed by atoms with E-state index < -0.39 is 0 Å². The van der Waals surface area contributed by atoms with Crippen LogP contribution in [-0.4, -0.2) is 42.5 Å². The molecule has 110 valence electrons. The molecule has 1 saturated heterocycles. The zero-order valence-electron chi connectivity index (χ0n) is 12.6. The fraction of sp³-hybridized carbons (Fsp3) is 0.933. The molecule has 0 aromatic heterocycles. The second kappa shape index (κ2) is 6.23. The van der Waals surface area contributed by atoms with Crippen molar-refractivity contribution in [1.82, 2.24) is 10.2 Å². The van der Waals surface area contributed by atoms with Crippen LogP contribution in [0.3, 0.4) is 0 Å². The molecule has 1 aliphatic carbocycles. The van der Waals surface area contributed by atoms with Gasteiger partial charge in [-0.3, -0.25) is 4.79 Å². The Morgan fingerprint density at radius 1 is 1.21 bits per heavy atom. The summed E-state index contributed by atoms with van der Waals surface area (Å²) < 4.78 is 0. The Kier molecular flexibility index (Phi) is 4.85. The van der Waals surface area contributed by atoms with Gasteiger partial charge < -0.3 is 16.0 Å². The molecule has 5 unspecified atom stereocenters. The molecule has 4 nitrogen and oxygen atoms in total. The van der Waals surface area contributed by atoms with Crippen LogP contribution in [0.25, 0.3) is 0 Å². The molecule has 5 atom stereocenters. The first kappa shape index (κ1) is 14.8. The summed E-state index contributed by atoms with van der Waals surface area (Å²) in [5.74, 6) is 0.839. The van der Waals surface area contributed by atoms with E-state index in [0.29, 0.717) is 18.0 Å². The van der Waals surface area contributed by atoms with E-state index in [9.17, 15) is 4.79 Å². The van der Waals surface area contributed by atoms with Gasteiger partial charge in [-0.25, -0.2) is 0 Å². The molecular formula is C15H29N3O. The second-order valence-corrected chi connectivity index (χ2v) is 6.72. The lowest BCUT2D eigenvalue weighted by molar-refractivity contribution is -0.128. The summed E-state index contributed by atoms with van der Waals surface area (Å²) in [6.07, 6.45) is 5.14. The number of amides is 1. The van der Waals surface area contributed by atoms with Crippen LogP contribution in [0, 0.1) is 11.8 Å². The third-order valence-corrected chi connectivity index (χ3v) is 5.13. The molecule has 1 amide bonds. The second-order valence-electron chi connectivity index (χ2n) is 6.72. The Bertz CT molecular complexity index is 321. The van der Waals surface area contributed by atoms with Crippen molar-refractivity contribution in [2.45, 2.75) is 64.1 Å². The maximum atomic E-state index is 12.4. The molecular weight excluding hydrogens is 238 g/mol. The lowest BCUT2D eigenvalue weighted by Crippen LogP contribution is -2.50. The molecule has 0 aromatic carbocycles. The fourth-order valence-electron chi connectivity index (χ4n) is 3.45. The van der Waals surface area contributed by atoms with Crippen LogP contribution in [0.2, 0.25) is 0 Å². The summed E-state index contributed by atoms with van der Waals surface area (Å²) in [5, 5.41) is 3.27. The third kappa shape index (κ3) is 3.69. The van der Waals surface area contributed by atoms with Gasteiger partial charge in [-0.1, -0.05) is 6.92 Å². The van der Waals surface area contributed by atoms with Crippen LogP contribution < -0.4 is 11.1 Å². The fourth-order valence-corrected chi connectivity index (χ4v) is 3.45. The Morgan fingerprint density at radius 3 is 2.63 bits per heavy atom. The van der Waals surface area contributed by atoms with E-state index in [1.165, 1.54) is 0 Å². The smallest absolute Gasteiger partial charge is 0.223 e. The van der Waals surface area contributed by atoms with Crippen molar-refractivity contribution in [1.29, 1.82) is 0 Å². The molecule has 0 spiro atoms. The van der Waals surface area contributed by atoms with E-state index in [4.69, 9.17) is 5.73 Å². The average molecular weight is 267 g/mol. The Hall–Kier alpha value is -0.610. The van der Waals surface area contributed by atoms with E-state index in [2.05, 4.69) is 31.1 Å². The highest BCUT2D eigenvalue weighted by atomic mass is 16.2. The normalized spacial score (nSPS) is 40.9. The number of piperidine rings is 1. The van der Waals surface area contributed by atoms with Gasteiger partial charge in [-0.05, 0) is 52.0 Å². The van der Waals surface area contributed by atoms with Gasteiger partial charge in [0.2, 0.25) is 5.91 Å². The van der Waals surface area contributed by atoms with Crippen LogP contribution in [0.1, 0.15) is 46.0 Å². The minimum absolute atomic E-state index is 0.124. The minimum Gasteiger partial charge on any atom is -0.353 e. The number of carbonyl (C=O) groups is 1. The molecule has 2 rings (SSSR count). The quantitative estimate of drug-likeness (QED) is 0.794. The molecule has 3 N–H and O–H groups in total. The van der Waals surface area contributed by atoms with Gasteiger partial charge in [0.1, 0.15) is 0 Å². The van der Waals surface area contributed by atoms with Crippen LogP contribution in [0.4, 0.5) is 0 Å². The van der Waals surface area contributed by atoms with Crippen LogP contribution in [0.5, 0.6) is 0 Å². The Balaban J connectivity index is 1.86. The number of hydrogen-bond donors (Lipinski definition) is 2. The van der Waals surface area contributed by atoms with Crippen LogP contribution in [-0.2, 0) is 4.79 Å². The zero-order chi connectivity index (χ0) is 14.0. The van der Waals surface area contributed by atoms with Crippen molar-refractivity contribution in [3.8, 4) is 0 Å². The van der Waals surface area contributed by atoms with Crippen molar-refractivity contribution >= 4 is 5.91 Å². The topological polar surface area (TPSA) is 58.4 Å². The summed E-state index contributed by atoms with van der Waals surface area (Å²) in [4.78, 5) is 14.8. The number of rotatable bonds is 2. The first-order valence-electron chi connectivity index (χ1n) is 7.73. The number of hydrogen-bond acceptors (Lipinski definition) is 3. The Morgan fingerprint density at radius 2 is 1.95 bits per heavy atom. The van der Waals surface area contributed by atoms with Crippen molar-refractivity contribution < 1.29 is 4.79 Å². The summed E-state index contributed by atoms with van der Waals surface area (Å²) in [6.45, 7) is 5.50. The highest BCUT2D eigenvalue weighted by Gasteiger charge is 2.33. The largest absolute Gasteiger partial charge is 0.353 e. The van der Waals surface area contributed by atoms with E-state index in [0.717, 1.165) is 38.6 Å². The van der Waals surface area contributed by atoms with Gasteiger partial charge in [0.05, 0.1) is 0 Å². The molecule has 0 bridgehead atoms. The number of nitrogens with two attached hydrogens (primary N) is 1. The number of carbonyl (C=O) groups excluding carboxylic acids is 1. The maximum Gasteiger partial charge on any atom is 0.223 e. The van der Waals surface area contributed by atoms with E-state index in [-0.39, 0.29) is 17.9 Å². The maximum absolute atomic E-state index is 12.4. The molecule has 1 aliphatic heterocycles. The van der Waals surface area contributed by atoms with Crippen molar-refractivity contribution in [2.24, 2.45) is 17.6 Å². The molecule has 19 heavy (non-hydrogen) atoms. The summed E-state index contributed by atoms with van der Waals surface area (Å²) in [5.41, 5.74) is 6.01. The molecule has 2 aliphatic rings. The molecule has 0 aromatic rings. The van der Waals surface area contributed by atoms with Crippen LogP contribution in [0.15, 0.2) is 0 Å². The monoisotopic (exact) mass is 267 g/mol. The van der Waals surface area contributed by atoms with Gasteiger partial charge in [0.15, 0.2) is 0 Å². The summed E-state index contributed by atoms with van der Waals surface area (Å²) >= 11 is 0. The van der Waals surface area contributed by atoms with Gasteiger partial charge >= 0.3 is 0 Å². The lowest BCUT2D eigenvalue weighted by Gasteiger charge is -2.37. The van der Waals surface area contributed by atoms with Gasteiger partial charge in [-0.15, -0.1) is 0 Å². The average Bonchev–Trinajstić information content (AvgIpc) is 2.36. The first-order chi connectivity index (χ1) is 8.97. The number of nitrogens with zero attached hydrogens (tertiary/aromatic N) is 1. The predicted octanol–water partition coefficient (Wildman–Crippen LogP) is 1.35. The summed E-state index contributed by atoms with van der Waals surface area (Å²) in [6, 6.07) is 1.12. The van der Waals surface area contributed by atoms with Gasteiger partial charge in [0.25, 0.3) is 0 Å². The molecule has 1 saturated carbocycles. The molecule has 2 fully saturated rings. The number of nitrogens with one attached hydrogen (secondary N) is 1. The third-order valence-electron chi connectivity index (χ3n) is 5.13. The van der Waals surface area contributed by atoms with Crippen molar-refractivity contribution in [3.63, 3.8) is 0 Å².